The number of rotatable bonds is 7. The molecule has 0 bridgehead atoms. The molecule has 6 heteroatoms. The number of pyridine rings is 1. The zero-order valence-corrected chi connectivity index (χ0v) is 21.3. The van der Waals surface area contributed by atoms with Crippen molar-refractivity contribution < 1.29 is 9.90 Å². The summed E-state index contributed by atoms with van der Waals surface area (Å²) >= 11 is 6.20. The minimum absolute atomic E-state index is 0.0550. The largest absolute Gasteiger partial charge is 0.506 e. The summed E-state index contributed by atoms with van der Waals surface area (Å²) in [6.07, 6.45) is 6.71. The molecule has 1 aliphatic carbocycles. The fourth-order valence-corrected chi connectivity index (χ4v) is 5.41. The maximum Gasteiger partial charge on any atom is 0.134 e. The molecule has 1 aromatic heterocycles. The van der Waals surface area contributed by atoms with Crippen LogP contribution in [0.2, 0.25) is 5.02 Å². The van der Waals surface area contributed by atoms with Gasteiger partial charge in [0, 0.05) is 29.4 Å². The van der Waals surface area contributed by atoms with Gasteiger partial charge in [-0.15, -0.1) is 0 Å². The highest BCUT2D eigenvalue weighted by Crippen LogP contribution is 2.45. The molecule has 4 aromatic rings. The van der Waals surface area contributed by atoms with Crippen LogP contribution in [0.1, 0.15) is 36.8 Å². The van der Waals surface area contributed by atoms with Crippen molar-refractivity contribution in [2.24, 2.45) is 0 Å². The molecule has 0 aliphatic heterocycles. The molecule has 5 nitrogen and oxygen atoms in total. The summed E-state index contributed by atoms with van der Waals surface area (Å²) in [4.78, 5) is 19.4. The van der Waals surface area contributed by atoms with Crippen molar-refractivity contribution in [3.05, 3.63) is 83.0 Å². The number of aromatic hydroxyl groups is 1. The zero-order valence-electron chi connectivity index (χ0n) is 20.6. The van der Waals surface area contributed by atoms with Gasteiger partial charge in [0.1, 0.15) is 12.0 Å². The molecule has 1 heterocycles. The Kier molecular flexibility index (Phi) is 6.69. The van der Waals surface area contributed by atoms with E-state index in [9.17, 15) is 9.90 Å². The van der Waals surface area contributed by atoms with Crippen molar-refractivity contribution in [3.63, 3.8) is 0 Å². The average Bonchev–Trinajstić information content (AvgIpc) is 3.37. The van der Waals surface area contributed by atoms with Crippen LogP contribution in [-0.4, -0.2) is 35.4 Å². The maximum absolute atomic E-state index is 12.5. The van der Waals surface area contributed by atoms with Crippen LogP contribution in [0.3, 0.4) is 0 Å². The van der Waals surface area contributed by atoms with Gasteiger partial charge in [-0.3, -0.25) is 4.98 Å². The molecule has 36 heavy (non-hydrogen) atoms. The van der Waals surface area contributed by atoms with Gasteiger partial charge in [-0.25, -0.2) is 0 Å². The number of nitrogens with one attached hydrogen (secondary N) is 1. The maximum atomic E-state index is 12.5. The molecule has 184 valence electrons. The first-order chi connectivity index (χ1) is 17.4. The molecule has 1 fully saturated rings. The molecule has 0 amide bonds. The minimum Gasteiger partial charge on any atom is -0.506 e. The number of phenolic OH excluding ortho intramolecular Hbond substituents is 1. The minimum atomic E-state index is -0.535. The lowest BCUT2D eigenvalue weighted by molar-refractivity contribution is -0.112. The number of nitrogens with zero attached hydrogens (tertiary/aromatic N) is 2. The first kappa shape index (κ1) is 24.3. The number of carbonyl (C=O) groups is 1. The lowest BCUT2D eigenvalue weighted by Crippen LogP contribution is -2.25. The second kappa shape index (κ2) is 9.92. The van der Waals surface area contributed by atoms with E-state index < -0.39 is 5.41 Å². The standard InChI is InChI=1S/C30H30ClN3O2/c1-34(2)18-20-5-9-23(10-6-20)33-29-24-15-21(22-8-12-28(36)26(31)16-22)7-11-27(24)32-17-25(29)30(19-35)13-3-4-14-30/h5-12,15-17,19,36H,3-4,13-14,18H2,1-2H3,(H,32,33). The molecule has 0 radical (unpaired) electrons. The molecule has 0 saturated heterocycles. The number of benzene rings is 3. The van der Waals surface area contributed by atoms with Crippen molar-refractivity contribution in [2.45, 2.75) is 37.6 Å². The third-order valence-corrected chi connectivity index (χ3v) is 7.43. The number of hydrogen-bond acceptors (Lipinski definition) is 5. The second-order valence-corrected chi connectivity index (χ2v) is 10.4. The molecular weight excluding hydrogens is 470 g/mol. The number of halogens is 1. The summed E-state index contributed by atoms with van der Waals surface area (Å²) in [5, 5.41) is 14.8. The first-order valence-electron chi connectivity index (χ1n) is 12.3. The highest BCUT2D eigenvalue weighted by molar-refractivity contribution is 6.32. The second-order valence-electron chi connectivity index (χ2n) is 9.99. The highest BCUT2D eigenvalue weighted by Gasteiger charge is 2.38. The number of phenols is 1. The first-order valence-corrected chi connectivity index (χ1v) is 12.7. The van der Waals surface area contributed by atoms with E-state index in [1.54, 1.807) is 12.1 Å². The molecule has 0 spiro atoms. The number of anilines is 2. The van der Waals surface area contributed by atoms with E-state index in [-0.39, 0.29) is 5.75 Å². The van der Waals surface area contributed by atoms with E-state index in [1.807, 2.05) is 24.4 Å². The number of aromatic nitrogens is 1. The molecule has 5 rings (SSSR count). The van der Waals surface area contributed by atoms with Crippen LogP contribution in [-0.2, 0) is 16.8 Å². The number of hydrogen-bond donors (Lipinski definition) is 2. The zero-order chi connectivity index (χ0) is 25.3. The molecule has 2 N–H and O–H groups in total. The van der Waals surface area contributed by atoms with Crippen LogP contribution >= 0.6 is 11.6 Å². The summed E-state index contributed by atoms with van der Waals surface area (Å²) in [5.41, 5.74) is 6.22. The van der Waals surface area contributed by atoms with E-state index >= 15 is 0 Å². The van der Waals surface area contributed by atoms with Crippen LogP contribution in [0, 0.1) is 0 Å². The molecular formula is C30H30ClN3O2. The van der Waals surface area contributed by atoms with Crippen LogP contribution < -0.4 is 5.32 Å². The average molecular weight is 500 g/mol. The van der Waals surface area contributed by atoms with Crippen molar-refractivity contribution in [1.29, 1.82) is 0 Å². The van der Waals surface area contributed by atoms with Gasteiger partial charge in [0.2, 0.25) is 0 Å². The molecule has 3 aromatic carbocycles. The van der Waals surface area contributed by atoms with Crippen LogP contribution in [0.4, 0.5) is 11.4 Å². The van der Waals surface area contributed by atoms with E-state index in [0.717, 1.165) is 77.5 Å². The smallest absolute Gasteiger partial charge is 0.134 e. The van der Waals surface area contributed by atoms with E-state index in [4.69, 9.17) is 16.6 Å². The van der Waals surface area contributed by atoms with Crippen molar-refractivity contribution in [2.75, 3.05) is 19.4 Å². The number of carbonyl (C=O) groups excluding carboxylic acids is 1. The highest BCUT2D eigenvalue weighted by atomic mass is 35.5. The predicted octanol–water partition coefficient (Wildman–Crippen LogP) is 7.08. The monoisotopic (exact) mass is 499 g/mol. The van der Waals surface area contributed by atoms with Gasteiger partial charge in [-0.2, -0.15) is 0 Å². The summed E-state index contributed by atoms with van der Waals surface area (Å²) in [5.74, 6) is 0.0550. The normalized spacial score (nSPS) is 14.9. The van der Waals surface area contributed by atoms with Gasteiger partial charge in [-0.05, 0) is 80.0 Å². The van der Waals surface area contributed by atoms with Gasteiger partial charge in [0.05, 0.1) is 21.6 Å². The summed E-state index contributed by atoms with van der Waals surface area (Å²) in [6.45, 7) is 0.872. The fourth-order valence-electron chi connectivity index (χ4n) is 5.23. The van der Waals surface area contributed by atoms with Crippen molar-refractivity contribution >= 4 is 40.2 Å². The summed E-state index contributed by atoms with van der Waals surface area (Å²) in [6, 6.07) is 19.7. The third kappa shape index (κ3) is 4.69. The fraction of sp³-hybridized carbons (Fsp3) is 0.267. The van der Waals surface area contributed by atoms with Gasteiger partial charge in [0.15, 0.2) is 0 Å². The Hall–Kier alpha value is -3.41. The number of aldehydes is 1. The van der Waals surface area contributed by atoms with Gasteiger partial charge in [-0.1, -0.05) is 48.7 Å². The topological polar surface area (TPSA) is 65.5 Å². The van der Waals surface area contributed by atoms with Crippen molar-refractivity contribution in [1.82, 2.24) is 9.88 Å². The SMILES string of the molecule is CN(C)Cc1ccc(Nc2c(C3(C=O)CCCC3)cnc3ccc(-c4ccc(O)c(Cl)c4)cc23)cc1. The molecule has 0 atom stereocenters. The molecule has 0 unspecified atom stereocenters. The molecule has 1 aliphatic rings. The van der Waals surface area contributed by atoms with E-state index in [0.29, 0.717) is 5.02 Å². The lowest BCUT2D eigenvalue weighted by atomic mass is 9.79. The van der Waals surface area contributed by atoms with E-state index in [1.165, 1.54) is 5.56 Å². The van der Waals surface area contributed by atoms with Crippen molar-refractivity contribution in [3.8, 4) is 16.9 Å². The third-order valence-electron chi connectivity index (χ3n) is 7.13. The Morgan fingerprint density at radius 3 is 2.39 bits per heavy atom. The Bertz CT molecular complexity index is 1410. The lowest BCUT2D eigenvalue weighted by Gasteiger charge is -2.27. The van der Waals surface area contributed by atoms with Crippen LogP contribution in [0.15, 0.2) is 66.9 Å². The Labute approximate surface area is 216 Å². The van der Waals surface area contributed by atoms with Gasteiger partial charge < -0.3 is 20.1 Å². The predicted molar refractivity (Wildman–Crippen MR) is 147 cm³/mol. The van der Waals surface area contributed by atoms with Gasteiger partial charge in [0.25, 0.3) is 0 Å². The van der Waals surface area contributed by atoms with Crippen LogP contribution in [0.5, 0.6) is 5.75 Å². The Morgan fingerprint density at radius 2 is 1.72 bits per heavy atom. The quantitative estimate of drug-likeness (QED) is 0.266. The Morgan fingerprint density at radius 1 is 1.03 bits per heavy atom. The summed E-state index contributed by atoms with van der Waals surface area (Å²) < 4.78 is 0. The van der Waals surface area contributed by atoms with Crippen LogP contribution in [0.25, 0.3) is 22.0 Å². The van der Waals surface area contributed by atoms with Gasteiger partial charge >= 0.3 is 0 Å². The summed E-state index contributed by atoms with van der Waals surface area (Å²) in [7, 11) is 4.11. The number of fused-ring (bicyclic) bond motifs is 1. The molecule has 1 saturated carbocycles. The van der Waals surface area contributed by atoms with E-state index in [2.05, 4.69) is 54.6 Å². The Balaban J connectivity index is 1.65.